The van der Waals surface area contributed by atoms with Gasteiger partial charge >= 0.3 is 5.97 Å². The highest BCUT2D eigenvalue weighted by atomic mass is 16.5. The van der Waals surface area contributed by atoms with Crippen molar-refractivity contribution in [1.29, 1.82) is 0 Å². The molecule has 0 aliphatic carbocycles. The average Bonchev–Trinajstić information content (AvgIpc) is 2.55. The van der Waals surface area contributed by atoms with E-state index in [2.05, 4.69) is 11.3 Å². The van der Waals surface area contributed by atoms with Crippen molar-refractivity contribution in [2.24, 2.45) is 0 Å². The zero-order valence-electron chi connectivity index (χ0n) is 11.7. The number of amides is 1. The number of anilines is 1. The first-order valence-corrected chi connectivity index (χ1v) is 6.37. The van der Waals surface area contributed by atoms with Crippen molar-refractivity contribution >= 4 is 17.6 Å². The van der Waals surface area contributed by atoms with Gasteiger partial charge in [0.15, 0.2) is 0 Å². The summed E-state index contributed by atoms with van der Waals surface area (Å²) in [6.07, 6.45) is 1.45. The number of carbonyl (C=O) groups is 2. The van der Waals surface area contributed by atoms with Crippen LogP contribution in [-0.4, -0.2) is 19.0 Å². The van der Waals surface area contributed by atoms with Crippen molar-refractivity contribution in [3.63, 3.8) is 0 Å². The second-order valence-corrected chi connectivity index (χ2v) is 4.27. The van der Waals surface area contributed by atoms with Gasteiger partial charge in [-0.25, -0.2) is 4.79 Å². The van der Waals surface area contributed by atoms with Crippen LogP contribution in [-0.2, 0) is 4.74 Å². The van der Waals surface area contributed by atoms with Crippen LogP contribution in [0.3, 0.4) is 0 Å². The highest BCUT2D eigenvalue weighted by molar-refractivity contribution is 6.08. The highest BCUT2D eigenvalue weighted by Gasteiger charge is 2.16. The van der Waals surface area contributed by atoms with E-state index in [1.54, 1.807) is 18.2 Å². The highest BCUT2D eigenvalue weighted by Crippen LogP contribution is 2.18. The largest absolute Gasteiger partial charge is 0.465 e. The maximum atomic E-state index is 12.5. The topological polar surface area (TPSA) is 46.6 Å². The van der Waals surface area contributed by atoms with Gasteiger partial charge in [0.25, 0.3) is 5.91 Å². The molecule has 0 bridgehead atoms. The minimum atomic E-state index is -0.477. The first-order chi connectivity index (χ1) is 10.2. The van der Waals surface area contributed by atoms with Gasteiger partial charge in [-0.2, -0.15) is 0 Å². The van der Waals surface area contributed by atoms with E-state index in [1.165, 1.54) is 24.3 Å². The molecular formula is C17H15NO3. The standard InChI is InChI=1S/C17H15NO3/c1-3-18(15-10-5-4-6-11-15)16(19)13-8-7-9-14(12-13)17(20)21-2/h3-12H,1H2,2H3. The molecule has 0 aromatic heterocycles. The third-order valence-corrected chi connectivity index (χ3v) is 2.97. The molecule has 0 N–H and O–H groups in total. The number of ether oxygens (including phenoxy) is 1. The summed E-state index contributed by atoms with van der Waals surface area (Å²) in [4.78, 5) is 25.5. The Morgan fingerprint density at radius 3 is 2.33 bits per heavy atom. The number of para-hydroxylation sites is 1. The molecule has 4 nitrogen and oxygen atoms in total. The number of nitrogens with zero attached hydrogens (tertiary/aromatic N) is 1. The smallest absolute Gasteiger partial charge is 0.337 e. The number of methoxy groups -OCH3 is 1. The number of hydrogen-bond acceptors (Lipinski definition) is 3. The maximum absolute atomic E-state index is 12.5. The van der Waals surface area contributed by atoms with Crippen LogP contribution in [0.2, 0.25) is 0 Å². The molecule has 2 aromatic carbocycles. The van der Waals surface area contributed by atoms with E-state index < -0.39 is 5.97 Å². The second kappa shape index (κ2) is 6.52. The lowest BCUT2D eigenvalue weighted by atomic mass is 10.1. The van der Waals surface area contributed by atoms with Crippen LogP contribution >= 0.6 is 0 Å². The lowest BCUT2D eigenvalue weighted by Gasteiger charge is -2.18. The Morgan fingerprint density at radius 1 is 1.05 bits per heavy atom. The Kier molecular flexibility index (Phi) is 4.51. The van der Waals surface area contributed by atoms with Gasteiger partial charge in [-0.1, -0.05) is 30.8 Å². The Morgan fingerprint density at radius 2 is 1.71 bits per heavy atom. The summed E-state index contributed by atoms with van der Waals surface area (Å²) in [7, 11) is 1.30. The SMILES string of the molecule is C=CN(C(=O)c1cccc(C(=O)OC)c1)c1ccccc1. The number of esters is 1. The third-order valence-electron chi connectivity index (χ3n) is 2.97. The van der Waals surface area contributed by atoms with E-state index >= 15 is 0 Å². The summed E-state index contributed by atoms with van der Waals surface area (Å²) >= 11 is 0. The molecule has 0 radical (unpaired) electrons. The predicted molar refractivity (Wildman–Crippen MR) is 81.2 cm³/mol. The van der Waals surface area contributed by atoms with Crippen molar-refractivity contribution in [3.05, 3.63) is 78.5 Å². The molecule has 0 heterocycles. The van der Waals surface area contributed by atoms with Crippen LogP contribution in [0.25, 0.3) is 0 Å². The van der Waals surface area contributed by atoms with E-state index in [9.17, 15) is 9.59 Å². The number of hydrogen-bond donors (Lipinski definition) is 0. The van der Waals surface area contributed by atoms with Gasteiger partial charge in [0.2, 0.25) is 0 Å². The van der Waals surface area contributed by atoms with Crippen LogP contribution < -0.4 is 4.90 Å². The van der Waals surface area contributed by atoms with Crippen molar-refractivity contribution < 1.29 is 14.3 Å². The zero-order valence-corrected chi connectivity index (χ0v) is 11.7. The van der Waals surface area contributed by atoms with E-state index in [-0.39, 0.29) is 5.91 Å². The monoisotopic (exact) mass is 281 g/mol. The molecule has 0 saturated carbocycles. The summed E-state index contributed by atoms with van der Waals surface area (Å²) in [6, 6.07) is 15.6. The number of carbonyl (C=O) groups excluding carboxylic acids is 2. The molecule has 2 rings (SSSR count). The molecule has 0 fully saturated rings. The quantitative estimate of drug-likeness (QED) is 0.808. The number of benzene rings is 2. The molecular weight excluding hydrogens is 266 g/mol. The van der Waals surface area contributed by atoms with Crippen LogP contribution in [0.1, 0.15) is 20.7 Å². The van der Waals surface area contributed by atoms with Gasteiger partial charge in [0.1, 0.15) is 0 Å². The molecule has 2 aromatic rings. The third kappa shape index (κ3) is 3.17. The number of rotatable bonds is 4. The van der Waals surface area contributed by atoms with Gasteiger partial charge in [-0.3, -0.25) is 9.69 Å². The van der Waals surface area contributed by atoms with Crippen molar-refractivity contribution in [1.82, 2.24) is 0 Å². The minimum absolute atomic E-state index is 0.262. The van der Waals surface area contributed by atoms with Gasteiger partial charge in [-0.15, -0.1) is 0 Å². The summed E-state index contributed by atoms with van der Waals surface area (Å²) in [5.74, 6) is -0.739. The van der Waals surface area contributed by atoms with Gasteiger partial charge in [0, 0.05) is 17.5 Å². The molecule has 0 aliphatic heterocycles. The van der Waals surface area contributed by atoms with E-state index in [4.69, 9.17) is 0 Å². The van der Waals surface area contributed by atoms with Gasteiger partial charge in [0.05, 0.1) is 12.7 Å². The molecule has 0 aliphatic rings. The lowest BCUT2D eigenvalue weighted by molar-refractivity contribution is 0.0600. The van der Waals surface area contributed by atoms with E-state index in [0.29, 0.717) is 16.8 Å². The maximum Gasteiger partial charge on any atom is 0.337 e. The summed E-state index contributed by atoms with van der Waals surface area (Å²) < 4.78 is 4.66. The summed E-state index contributed by atoms with van der Waals surface area (Å²) in [5, 5.41) is 0. The van der Waals surface area contributed by atoms with Gasteiger partial charge in [-0.05, 0) is 30.3 Å². The Hall–Kier alpha value is -2.88. The van der Waals surface area contributed by atoms with Crippen molar-refractivity contribution in [3.8, 4) is 0 Å². The normalized spacial score (nSPS) is 9.76. The Balaban J connectivity index is 2.34. The fourth-order valence-corrected chi connectivity index (χ4v) is 1.93. The van der Waals surface area contributed by atoms with Crippen LogP contribution in [0, 0.1) is 0 Å². The van der Waals surface area contributed by atoms with Crippen LogP contribution in [0.15, 0.2) is 67.4 Å². The fraction of sp³-hybridized carbons (Fsp3) is 0.0588. The molecule has 4 heteroatoms. The fourth-order valence-electron chi connectivity index (χ4n) is 1.93. The molecule has 106 valence electrons. The second-order valence-electron chi connectivity index (χ2n) is 4.27. The van der Waals surface area contributed by atoms with Gasteiger partial charge < -0.3 is 4.74 Å². The van der Waals surface area contributed by atoms with E-state index in [1.807, 2.05) is 30.3 Å². The summed E-state index contributed by atoms with van der Waals surface area (Å²) in [6.45, 7) is 3.67. The van der Waals surface area contributed by atoms with Crippen molar-refractivity contribution in [2.75, 3.05) is 12.0 Å². The van der Waals surface area contributed by atoms with Crippen molar-refractivity contribution in [2.45, 2.75) is 0 Å². The predicted octanol–water partition coefficient (Wildman–Crippen LogP) is 3.26. The molecule has 0 unspecified atom stereocenters. The van der Waals surface area contributed by atoms with E-state index in [0.717, 1.165) is 0 Å². The molecule has 21 heavy (non-hydrogen) atoms. The average molecular weight is 281 g/mol. The lowest BCUT2D eigenvalue weighted by Crippen LogP contribution is -2.25. The first kappa shape index (κ1) is 14.5. The van der Waals surface area contributed by atoms with Crippen LogP contribution in [0.5, 0.6) is 0 Å². The first-order valence-electron chi connectivity index (χ1n) is 6.37. The molecule has 0 saturated heterocycles. The van der Waals surface area contributed by atoms with Crippen LogP contribution in [0.4, 0.5) is 5.69 Å². The Labute approximate surface area is 123 Å². The molecule has 0 spiro atoms. The Bertz CT molecular complexity index is 665. The molecule has 1 amide bonds. The summed E-state index contributed by atoms with van der Waals surface area (Å²) in [5.41, 5.74) is 1.43. The zero-order chi connectivity index (χ0) is 15.2. The molecule has 0 atom stereocenters. The minimum Gasteiger partial charge on any atom is -0.465 e.